The molecule has 10 rings (SSSR count). The third kappa shape index (κ3) is 5.68. The van der Waals surface area contributed by atoms with Crippen molar-refractivity contribution in [1.82, 2.24) is 14.5 Å². The first-order valence-corrected chi connectivity index (χ1v) is 18.9. The molecule has 2 aromatic carbocycles. The highest BCUT2D eigenvalue weighted by atomic mass is 32.1. The van der Waals surface area contributed by atoms with E-state index in [-0.39, 0.29) is 11.6 Å². The van der Waals surface area contributed by atoms with E-state index in [1.165, 1.54) is 49.9 Å². The van der Waals surface area contributed by atoms with E-state index in [9.17, 15) is 20.0 Å². The largest absolute Gasteiger partial charge is 0.476 e. The summed E-state index contributed by atoms with van der Waals surface area (Å²) in [7, 11) is 0. The maximum Gasteiger partial charge on any atom is 0.355 e. The van der Waals surface area contributed by atoms with Crippen LogP contribution in [0.4, 0.5) is 10.9 Å². The number of nitriles is 1. The molecule has 9 nitrogen and oxygen atoms in total. The van der Waals surface area contributed by atoms with Gasteiger partial charge in [-0.25, -0.2) is 14.8 Å². The van der Waals surface area contributed by atoms with E-state index in [0.29, 0.717) is 52.7 Å². The number of anilines is 2. The first-order valence-electron chi connectivity index (χ1n) is 18.1. The van der Waals surface area contributed by atoms with Crippen molar-refractivity contribution in [3.05, 3.63) is 94.4 Å². The number of fused-ring (bicyclic) bond motifs is 2. The third-order valence-corrected chi connectivity index (χ3v) is 13.2. The van der Waals surface area contributed by atoms with E-state index in [0.717, 1.165) is 63.3 Å². The van der Waals surface area contributed by atoms with E-state index in [4.69, 9.17) is 4.98 Å². The SMILES string of the molecule is Cc1c(-c2ccc(N3CCc4cccc(C(=O)Nc5nc6ccccc6s5)c4C3)nc2C(=O)O)cc(C#N)n1CCC12CC3CC(CC(C3)C1)C2. The van der Waals surface area contributed by atoms with Crippen molar-refractivity contribution in [2.45, 2.75) is 71.4 Å². The summed E-state index contributed by atoms with van der Waals surface area (Å²) in [6, 6.07) is 21.5. The molecule has 5 aliphatic rings. The molecule has 5 aromatic rings. The predicted molar refractivity (Wildman–Crippen MR) is 198 cm³/mol. The lowest BCUT2D eigenvalue weighted by molar-refractivity contribution is -0.0592. The number of aromatic carboxylic acids is 1. The Morgan fingerprint density at radius 1 is 1.00 bits per heavy atom. The fourth-order valence-corrected chi connectivity index (χ4v) is 11.2. The summed E-state index contributed by atoms with van der Waals surface area (Å²) in [5.74, 6) is 1.83. The molecule has 4 bridgehead atoms. The van der Waals surface area contributed by atoms with Gasteiger partial charge in [-0.3, -0.25) is 10.1 Å². The average Bonchev–Trinajstić information content (AvgIpc) is 3.68. The van der Waals surface area contributed by atoms with Gasteiger partial charge in [-0.1, -0.05) is 35.6 Å². The van der Waals surface area contributed by atoms with Crippen LogP contribution in [0.3, 0.4) is 0 Å². The predicted octanol–water partition coefficient (Wildman–Crippen LogP) is 8.46. The van der Waals surface area contributed by atoms with Crippen molar-refractivity contribution < 1.29 is 14.7 Å². The molecule has 0 saturated heterocycles. The van der Waals surface area contributed by atoms with E-state index in [1.54, 1.807) is 0 Å². The van der Waals surface area contributed by atoms with Gasteiger partial charge in [0.1, 0.15) is 17.6 Å². The zero-order chi connectivity index (χ0) is 34.9. The van der Waals surface area contributed by atoms with Crippen LogP contribution in [-0.2, 0) is 19.5 Å². The molecular weight excluding hydrogens is 657 g/mol. The Hall–Kier alpha value is -5.01. The van der Waals surface area contributed by atoms with Crippen LogP contribution in [0.1, 0.15) is 88.3 Å². The first-order chi connectivity index (χ1) is 24.8. The molecule has 4 saturated carbocycles. The van der Waals surface area contributed by atoms with Crippen LogP contribution >= 0.6 is 11.3 Å². The van der Waals surface area contributed by atoms with Gasteiger partial charge in [0, 0.05) is 42.0 Å². The summed E-state index contributed by atoms with van der Waals surface area (Å²) in [5.41, 5.74) is 6.48. The van der Waals surface area contributed by atoms with Gasteiger partial charge < -0.3 is 14.6 Å². The number of aromatic nitrogens is 3. The monoisotopic (exact) mass is 696 g/mol. The Morgan fingerprint density at radius 3 is 2.49 bits per heavy atom. The van der Waals surface area contributed by atoms with Crippen molar-refractivity contribution >= 4 is 44.4 Å². The number of carbonyl (C=O) groups is 2. The third-order valence-electron chi connectivity index (χ3n) is 12.2. The standard InChI is InChI=1S/C41H40N6O3S/c1-24-32(18-29(22-42)47(24)14-12-41-19-25-15-26(20-41)17-27(16-25)21-41)30-9-10-36(44-37(30)39(49)50)46-13-11-28-5-4-6-31(33(28)23-46)38(48)45-40-43-34-7-2-3-8-35(34)51-40/h2-10,18,25-27H,11-17,19-21,23H2,1H3,(H,49,50)(H,43,45,48). The van der Waals surface area contributed by atoms with Crippen molar-refractivity contribution in [3.63, 3.8) is 0 Å². The molecule has 0 atom stereocenters. The first kappa shape index (κ1) is 31.9. The smallest absolute Gasteiger partial charge is 0.355 e. The Balaban J connectivity index is 0.970. The molecule has 258 valence electrons. The van der Waals surface area contributed by atoms with Gasteiger partial charge in [-0.05, 0) is 129 Å². The molecule has 0 radical (unpaired) electrons. The van der Waals surface area contributed by atoms with Crippen LogP contribution in [0, 0.1) is 41.4 Å². The second-order valence-corrected chi connectivity index (χ2v) is 16.4. The fraction of sp³-hybridized carbons (Fsp3) is 0.390. The minimum atomic E-state index is -1.11. The van der Waals surface area contributed by atoms with Crippen molar-refractivity contribution in [1.29, 1.82) is 5.26 Å². The molecule has 10 heteroatoms. The number of carboxylic acid groups (broad SMARTS) is 1. The molecular formula is C41H40N6O3S. The minimum absolute atomic E-state index is 0.0361. The molecule has 0 unspecified atom stereocenters. The van der Waals surface area contributed by atoms with Gasteiger partial charge in [0.2, 0.25) is 0 Å². The number of carboxylic acids is 1. The number of thiazole rings is 1. The number of nitrogens with zero attached hydrogens (tertiary/aromatic N) is 5. The van der Waals surface area contributed by atoms with Crippen LogP contribution in [0.2, 0.25) is 0 Å². The topological polar surface area (TPSA) is 124 Å². The molecule has 4 aliphatic carbocycles. The molecule has 3 aromatic heterocycles. The van der Waals surface area contributed by atoms with Crippen LogP contribution in [0.25, 0.3) is 21.3 Å². The van der Waals surface area contributed by atoms with Gasteiger partial charge in [0.05, 0.1) is 10.2 Å². The van der Waals surface area contributed by atoms with E-state index in [2.05, 4.69) is 20.9 Å². The Kier molecular flexibility index (Phi) is 7.73. The van der Waals surface area contributed by atoms with Crippen LogP contribution < -0.4 is 10.2 Å². The number of amides is 1. The second-order valence-electron chi connectivity index (χ2n) is 15.4. The molecule has 4 heterocycles. The maximum atomic E-state index is 13.6. The van der Waals surface area contributed by atoms with Crippen molar-refractivity contribution in [2.24, 2.45) is 23.2 Å². The summed E-state index contributed by atoms with van der Waals surface area (Å²) in [6.07, 6.45) is 9.93. The number of hydrogen-bond donors (Lipinski definition) is 2. The van der Waals surface area contributed by atoms with Gasteiger partial charge in [0.15, 0.2) is 10.8 Å². The van der Waals surface area contributed by atoms with Gasteiger partial charge in [-0.2, -0.15) is 5.26 Å². The van der Waals surface area contributed by atoms with Crippen molar-refractivity contribution in [3.8, 4) is 17.2 Å². The van der Waals surface area contributed by atoms with Gasteiger partial charge >= 0.3 is 5.97 Å². The van der Waals surface area contributed by atoms with E-state index in [1.807, 2.05) is 72.5 Å². The highest BCUT2D eigenvalue weighted by Crippen LogP contribution is 2.61. The lowest BCUT2D eigenvalue weighted by Gasteiger charge is -2.57. The number of rotatable bonds is 8. The molecule has 0 spiro atoms. The van der Waals surface area contributed by atoms with Crippen LogP contribution in [-0.4, -0.2) is 38.1 Å². The number of carbonyl (C=O) groups excluding carboxylic acids is 1. The summed E-state index contributed by atoms with van der Waals surface area (Å²) >= 11 is 1.44. The quantitative estimate of drug-likeness (QED) is 0.167. The van der Waals surface area contributed by atoms with Crippen LogP contribution in [0.15, 0.2) is 60.7 Å². The Bertz CT molecular complexity index is 2190. The molecule has 51 heavy (non-hydrogen) atoms. The van der Waals surface area contributed by atoms with Gasteiger partial charge in [-0.15, -0.1) is 0 Å². The van der Waals surface area contributed by atoms with E-state index >= 15 is 0 Å². The Morgan fingerprint density at radius 2 is 1.76 bits per heavy atom. The highest BCUT2D eigenvalue weighted by Gasteiger charge is 2.50. The Labute approximate surface area is 301 Å². The summed E-state index contributed by atoms with van der Waals surface area (Å²) in [4.78, 5) is 37.6. The zero-order valence-corrected chi connectivity index (χ0v) is 29.5. The lowest BCUT2D eigenvalue weighted by Crippen LogP contribution is -2.46. The molecule has 1 aliphatic heterocycles. The number of nitrogens with one attached hydrogen (secondary N) is 1. The molecule has 1 amide bonds. The lowest BCUT2D eigenvalue weighted by atomic mass is 9.49. The van der Waals surface area contributed by atoms with Crippen molar-refractivity contribution in [2.75, 3.05) is 16.8 Å². The minimum Gasteiger partial charge on any atom is -0.476 e. The van der Waals surface area contributed by atoms with E-state index < -0.39 is 5.97 Å². The average molecular weight is 697 g/mol. The summed E-state index contributed by atoms with van der Waals surface area (Å²) in [5, 5.41) is 24.1. The normalized spacial score (nSPS) is 23.3. The summed E-state index contributed by atoms with van der Waals surface area (Å²) < 4.78 is 3.11. The molecule has 2 N–H and O–H groups in total. The number of para-hydroxylation sites is 1. The molecule has 4 fully saturated rings. The highest BCUT2D eigenvalue weighted by molar-refractivity contribution is 7.22. The number of pyridine rings is 1. The van der Waals surface area contributed by atoms with Crippen LogP contribution in [0.5, 0.6) is 0 Å². The fourth-order valence-electron chi connectivity index (χ4n) is 10.3. The zero-order valence-electron chi connectivity index (χ0n) is 28.7. The number of hydrogen-bond acceptors (Lipinski definition) is 7. The van der Waals surface area contributed by atoms with Gasteiger partial charge in [0.25, 0.3) is 5.91 Å². The second kappa shape index (κ2) is 12.3. The summed E-state index contributed by atoms with van der Waals surface area (Å²) in [6.45, 7) is 3.83. The maximum absolute atomic E-state index is 13.6. The number of benzene rings is 2.